The fraction of sp³-hybridized carbons (Fsp3) is 0.278. The minimum atomic E-state index is 0.0484. The molecule has 0 fully saturated rings. The average molecular weight is 365 g/mol. The third-order valence-corrected chi connectivity index (χ3v) is 4.20. The number of thiocarbonyl (C=S) groups is 1. The molecule has 0 aliphatic rings. The number of ether oxygens (including phenoxy) is 2. The first-order valence-electron chi connectivity index (χ1n) is 7.63. The number of nitrogens with one attached hydrogen (secondary N) is 2. The van der Waals surface area contributed by atoms with Crippen molar-refractivity contribution in [2.75, 3.05) is 19.5 Å². The zero-order valence-electron chi connectivity index (χ0n) is 13.9. The van der Waals surface area contributed by atoms with E-state index in [0.717, 1.165) is 17.7 Å². The molecule has 0 spiro atoms. The monoisotopic (exact) mass is 364 g/mol. The Hall–Kier alpha value is -1.98. The molecule has 24 heavy (non-hydrogen) atoms. The van der Waals surface area contributed by atoms with Gasteiger partial charge in [-0.1, -0.05) is 36.7 Å². The zero-order chi connectivity index (χ0) is 17.5. The Kier molecular flexibility index (Phi) is 6.70. The lowest BCUT2D eigenvalue weighted by Gasteiger charge is -2.21. The van der Waals surface area contributed by atoms with Crippen molar-refractivity contribution in [1.29, 1.82) is 0 Å². The van der Waals surface area contributed by atoms with Crippen LogP contribution in [-0.2, 0) is 0 Å². The molecule has 0 aliphatic carbocycles. The lowest BCUT2D eigenvalue weighted by atomic mass is 10.0. The standard InChI is InChI=1S/C18H21ClN2O2S/c1-4-14(12-9-10-16(22-2)17(11-12)23-3)20-18(24)21-15-8-6-5-7-13(15)19/h5-11,14H,4H2,1-3H3,(H2,20,21,24)/t14-/m1/s1. The summed E-state index contributed by atoms with van der Waals surface area (Å²) in [6.45, 7) is 2.09. The number of para-hydroxylation sites is 1. The topological polar surface area (TPSA) is 42.5 Å². The van der Waals surface area contributed by atoms with Gasteiger partial charge in [0.15, 0.2) is 16.6 Å². The first-order valence-corrected chi connectivity index (χ1v) is 8.41. The third-order valence-electron chi connectivity index (χ3n) is 3.65. The lowest BCUT2D eigenvalue weighted by molar-refractivity contribution is 0.354. The van der Waals surface area contributed by atoms with Gasteiger partial charge in [-0.2, -0.15) is 0 Å². The molecule has 0 aliphatic heterocycles. The van der Waals surface area contributed by atoms with E-state index in [1.807, 2.05) is 42.5 Å². The highest BCUT2D eigenvalue weighted by molar-refractivity contribution is 7.80. The summed E-state index contributed by atoms with van der Waals surface area (Å²) in [5.74, 6) is 1.40. The summed E-state index contributed by atoms with van der Waals surface area (Å²) < 4.78 is 10.6. The van der Waals surface area contributed by atoms with Gasteiger partial charge in [-0.05, 0) is 48.5 Å². The Morgan fingerprint density at radius 1 is 1.12 bits per heavy atom. The minimum Gasteiger partial charge on any atom is -0.493 e. The van der Waals surface area contributed by atoms with E-state index in [0.29, 0.717) is 21.6 Å². The second-order valence-electron chi connectivity index (χ2n) is 5.15. The van der Waals surface area contributed by atoms with Gasteiger partial charge in [-0.25, -0.2) is 0 Å². The van der Waals surface area contributed by atoms with Gasteiger partial charge < -0.3 is 20.1 Å². The van der Waals surface area contributed by atoms with E-state index in [-0.39, 0.29) is 6.04 Å². The van der Waals surface area contributed by atoms with Crippen molar-refractivity contribution in [3.8, 4) is 11.5 Å². The molecular formula is C18H21ClN2O2S. The lowest BCUT2D eigenvalue weighted by Crippen LogP contribution is -2.32. The molecule has 2 N–H and O–H groups in total. The first-order chi connectivity index (χ1) is 11.6. The van der Waals surface area contributed by atoms with E-state index in [1.165, 1.54) is 0 Å². The third kappa shape index (κ3) is 4.52. The van der Waals surface area contributed by atoms with Crippen LogP contribution in [0.4, 0.5) is 5.69 Å². The van der Waals surface area contributed by atoms with Gasteiger partial charge in [0.2, 0.25) is 0 Å². The van der Waals surface area contributed by atoms with Gasteiger partial charge in [0, 0.05) is 0 Å². The normalized spacial score (nSPS) is 11.5. The maximum absolute atomic E-state index is 6.15. The van der Waals surface area contributed by atoms with Crippen molar-refractivity contribution in [2.45, 2.75) is 19.4 Å². The molecule has 128 valence electrons. The Morgan fingerprint density at radius 2 is 1.83 bits per heavy atom. The van der Waals surface area contributed by atoms with Crippen LogP contribution in [0.25, 0.3) is 0 Å². The van der Waals surface area contributed by atoms with Gasteiger partial charge >= 0.3 is 0 Å². The summed E-state index contributed by atoms with van der Waals surface area (Å²) >= 11 is 11.6. The fourth-order valence-electron chi connectivity index (χ4n) is 2.37. The van der Waals surface area contributed by atoms with Crippen molar-refractivity contribution in [3.05, 3.63) is 53.1 Å². The van der Waals surface area contributed by atoms with E-state index in [9.17, 15) is 0 Å². The van der Waals surface area contributed by atoms with Crippen LogP contribution < -0.4 is 20.1 Å². The van der Waals surface area contributed by atoms with Crippen LogP contribution >= 0.6 is 23.8 Å². The van der Waals surface area contributed by atoms with Crippen LogP contribution in [0.1, 0.15) is 24.9 Å². The largest absolute Gasteiger partial charge is 0.493 e. The number of benzene rings is 2. The van der Waals surface area contributed by atoms with E-state index in [1.54, 1.807) is 14.2 Å². The van der Waals surface area contributed by atoms with Crippen molar-refractivity contribution in [1.82, 2.24) is 5.32 Å². The number of methoxy groups -OCH3 is 2. The van der Waals surface area contributed by atoms with Crippen molar-refractivity contribution < 1.29 is 9.47 Å². The number of rotatable bonds is 6. The minimum absolute atomic E-state index is 0.0484. The molecule has 2 aromatic carbocycles. The maximum Gasteiger partial charge on any atom is 0.171 e. The zero-order valence-corrected chi connectivity index (χ0v) is 15.5. The Morgan fingerprint density at radius 3 is 2.46 bits per heavy atom. The Balaban J connectivity index is 2.11. The highest BCUT2D eigenvalue weighted by Crippen LogP contribution is 2.31. The Labute approximate surface area is 153 Å². The highest BCUT2D eigenvalue weighted by atomic mass is 35.5. The predicted octanol–water partition coefficient (Wildman–Crippen LogP) is 4.79. The first kappa shape index (κ1) is 18.4. The molecular weight excluding hydrogens is 344 g/mol. The van der Waals surface area contributed by atoms with Gasteiger partial charge in [0.1, 0.15) is 0 Å². The summed E-state index contributed by atoms with van der Waals surface area (Å²) in [6, 6.07) is 13.4. The van der Waals surface area contributed by atoms with Crippen LogP contribution in [0.3, 0.4) is 0 Å². The van der Waals surface area contributed by atoms with E-state index < -0.39 is 0 Å². The van der Waals surface area contributed by atoms with Crippen molar-refractivity contribution in [2.24, 2.45) is 0 Å². The maximum atomic E-state index is 6.15. The van der Waals surface area contributed by atoms with Crippen molar-refractivity contribution >= 4 is 34.6 Å². The van der Waals surface area contributed by atoms with E-state index in [4.69, 9.17) is 33.3 Å². The fourth-order valence-corrected chi connectivity index (χ4v) is 2.81. The molecule has 0 saturated carbocycles. The van der Waals surface area contributed by atoms with E-state index in [2.05, 4.69) is 17.6 Å². The highest BCUT2D eigenvalue weighted by Gasteiger charge is 2.14. The van der Waals surface area contributed by atoms with Crippen LogP contribution in [-0.4, -0.2) is 19.3 Å². The van der Waals surface area contributed by atoms with Crippen LogP contribution in [0.2, 0.25) is 5.02 Å². The molecule has 0 radical (unpaired) electrons. The number of halogens is 1. The molecule has 2 aromatic rings. The SMILES string of the molecule is CC[C@@H](NC(=S)Nc1ccccc1Cl)c1ccc(OC)c(OC)c1. The molecule has 0 unspecified atom stereocenters. The molecule has 0 saturated heterocycles. The molecule has 1 atom stereocenters. The summed E-state index contributed by atoms with van der Waals surface area (Å²) in [4.78, 5) is 0. The molecule has 4 nitrogen and oxygen atoms in total. The Bertz CT molecular complexity index is 709. The molecule has 6 heteroatoms. The van der Waals surface area contributed by atoms with Gasteiger partial charge in [-0.3, -0.25) is 0 Å². The van der Waals surface area contributed by atoms with Gasteiger partial charge in [0.25, 0.3) is 0 Å². The van der Waals surface area contributed by atoms with Gasteiger partial charge in [-0.15, -0.1) is 0 Å². The summed E-state index contributed by atoms with van der Waals surface area (Å²) in [5.41, 5.74) is 1.84. The summed E-state index contributed by atoms with van der Waals surface area (Å²) in [7, 11) is 3.25. The second-order valence-corrected chi connectivity index (χ2v) is 5.97. The molecule has 0 bridgehead atoms. The smallest absolute Gasteiger partial charge is 0.171 e. The van der Waals surface area contributed by atoms with Crippen molar-refractivity contribution in [3.63, 3.8) is 0 Å². The summed E-state index contributed by atoms with van der Waals surface area (Å²) in [6.07, 6.45) is 0.861. The quantitative estimate of drug-likeness (QED) is 0.721. The van der Waals surface area contributed by atoms with Crippen LogP contribution in [0.5, 0.6) is 11.5 Å². The molecule has 0 amide bonds. The number of anilines is 1. The van der Waals surface area contributed by atoms with Gasteiger partial charge in [0.05, 0.1) is 31.0 Å². The predicted molar refractivity (Wildman–Crippen MR) is 103 cm³/mol. The van der Waals surface area contributed by atoms with Crippen LogP contribution in [0.15, 0.2) is 42.5 Å². The summed E-state index contributed by atoms with van der Waals surface area (Å²) in [5, 5.41) is 7.59. The number of hydrogen-bond acceptors (Lipinski definition) is 3. The molecule has 0 heterocycles. The molecule has 0 aromatic heterocycles. The number of hydrogen-bond donors (Lipinski definition) is 2. The van der Waals surface area contributed by atoms with Crippen LogP contribution in [0, 0.1) is 0 Å². The second kappa shape index (κ2) is 8.76. The molecule has 2 rings (SSSR count). The van der Waals surface area contributed by atoms with E-state index >= 15 is 0 Å². The average Bonchev–Trinajstić information content (AvgIpc) is 2.61.